The Morgan fingerprint density at radius 2 is 1.26 bits per heavy atom. The first-order chi connectivity index (χ1) is 10.8. The van der Waals surface area contributed by atoms with Crippen LogP contribution in [-0.2, 0) is 14.2 Å². The van der Waals surface area contributed by atoms with Crippen LogP contribution in [0.25, 0.3) is 0 Å². The Morgan fingerprint density at radius 1 is 0.652 bits per heavy atom. The van der Waals surface area contributed by atoms with Gasteiger partial charge in [-0.3, -0.25) is 0 Å². The summed E-state index contributed by atoms with van der Waals surface area (Å²) >= 11 is 0. The van der Waals surface area contributed by atoms with Crippen LogP contribution in [0.15, 0.2) is 0 Å². The lowest BCUT2D eigenvalue weighted by Crippen LogP contribution is -2.64. The zero-order chi connectivity index (χ0) is 17.3. The van der Waals surface area contributed by atoms with Crippen molar-refractivity contribution in [3.63, 3.8) is 0 Å². The van der Waals surface area contributed by atoms with Crippen molar-refractivity contribution >= 4 is 0 Å². The fourth-order valence-electron chi connectivity index (χ4n) is 2.57. The van der Waals surface area contributed by atoms with Crippen LogP contribution in [0.1, 0.15) is 0 Å². The first kappa shape index (κ1) is 18.9. The first-order valence-electron chi connectivity index (χ1n) is 7.08. The van der Waals surface area contributed by atoms with E-state index in [0.29, 0.717) is 0 Å². The topological polar surface area (TPSA) is 190 Å². The highest BCUT2D eigenvalue weighted by Gasteiger charge is 2.50. The van der Waals surface area contributed by atoms with Gasteiger partial charge in [-0.2, -0.15) is 0 Å². The molecule has 10 atom stereocenters. The number of aliphatic hydroxyl groups is 8. The lowest BCUT2D eigenvalue weighted by molar-refractivity contribution is -0.355. The predicted octanol–water partition coefficient (Wildman–Crippen LogP) is -5.40. The van der Waals surface area contributed by atoms with Crippen molar-refractivity contribution < 1.29 is 55.1 Å². The second kappa shape index (κ2) is 7.63. The molecule has 2 saturated heterocycles. The molecule has 2 aliphatic heterocycles. The molecule has 11 nitrogen and oxygen atoms in total. The van der Waals surface area contributed by atoms with Gasteiger partial charge in [-0.15, -0.1) is 0 Å². The van der Waals surface area contributed by atoms with Gasteiger partial charge in [0.2, 0.25) is 0 Å². The van der Waals surface area contributed by atoms with Crippen molar-refractivity contribution in [1.82, 2.24) is 0 Å². The standard InChI is InChI=1S/C12H22O11/c13-1-3-5(15)6(16)9(19)12(22-3)23-10-4(2-14)21-11(20)8(18)7(10)17/h3-20H,1-2H2/t3?,4?,5-,6?,7?,8?,9?,10+,11+,12-/m0/s1. The third-order valence-corrected chi connectivity index (χ3v) is 3.98. The fraction of sp³-hybridized carbons (Fsp3) is 1.00. The third kappa shape index (κ3) is 3.65. The summed E-state index contributed by atoms with van der Waals surface area (Å²) in [5.74, 6) is 0. The van der Waals surface area contributed by atoms with Gasteiger partial charge in [-0.1, -0.05) is 0 Å². The van der Waals surface area contributed by atoms with E-state index in [1.54, 1.807) is 0 Å². The van der Waals surface area contributed by atoms with Crippen molar-refractivity contribution in [3.8, 4) is 0 Å². The van der Waals surface area contributed by atoms with Crippen LogP contribution in [-0.4, -0.2) is 115 Å². The zero-order valence-electron chi connectivity index (χ0n) is 12.0. The molecule has 0 aliphatic carbocycles. The smallest absolute Gasteiger partial charge is 0.187 e. The van der Waals surface area contributed by atoms with Crippen molar-refractivity contribution in [2.24, 2.45) is 0 Å². The zero-order valence-corrected chi connectivity index (χ0v) is 12.0. The van der Waals surface area contributed by atoms with Crippen LogP contribution in [0.3, 0.4) is 0 Å². The molecule has 8 N–H and O–H groups in total. The van der Waals surface area contributed by atoms with Crippen LogP contribution in [0.5, 0.6) is 0 Å². The molecule has 11 heteroatoms. The summed E-state index contributed by atoms with van der Waals surface area (Å²) in [5.41, 5.74) is 0. The molecule has 0 spiro atoms. The van der Waals surface area contributed by atoms with Gasteiger partial charge in [0.1, 0.15) is 48.8 Å². The third-order valence-electron chi connectivity index (χ3n) is 3.98. The van der Waals surface area contributed by atoms with E-state index in [-0.39, 0.29) is 0 Å². The molecule has 23 heavy (non-hydrogen) atoms. The molecule has 136 valence electrons. The van der Waals surface area contributed by atoms with Crippen LogP contribution in [0, 0.1) is 0 Å². The summed E-state index contributed by atoms with van der Waals surface area (Å²) in [4.78, 5) is 0. The van der Waals surface area contributed by atoms with Gasteiger partial charge in [-0.25, -0.2) is 0 Å². The number of aliphatic hydroxyl groups excluding tert-OH is 8. The summed E-state index contributed by atoms with van der Waals surface area (Å²) in [6.07, 6.45) is -15.6. The number of ether oxygens (including phenoxy) is 3. The molecule has 0 amide bonds. The Morgan fingerprint density at radius 3 is 1.83 bits per heavy atom. The Labute approximate surface area is 130 Å². The molecule has 0 bridgehead atoms. The molecular formula is C12H22O11. The van der Waals surface area contributed by atoms with E-state index in [9.17, 15) is 35.7 Å². The van der Waals surface area contributed by atoms with Crippen LogP contribution in [0.4, 0.5) is 0 Å². The van der Waals surface area contributed by atoms with Crippen molar-refractivity contribution in [2.75, 3.05) is 13.2 Å². The van der Waals surface area contributed by atoms with Gasteiger partial charge in [-0.05, 0) is 0 Å². The maximum Gasteiger partial charge on any atom is 0.187 e. The van der Waals surface area contributed by atoms with E-state index in [0.717, 1.165) is 0 Å². The first-order valence-corrected chi connectivity index (χ1v) is 7.08. The van der Waals surface area contributed by atoms with E-state index in [2.05, 4.69) is 0 Å². The van der Waals surface area contributed by atoms with Gasteiger partial charge in [0.15, 0.2) is 12.6 Å². The van der Waals surface area contributed by atoms with Gasteiger partial charge in [0.25, 0.3) is 0 Å². The monoisotopic (exact) mass is 342 g/mol. The lowest BCUT2D eigenvalue weighted by Gasteiger charge is -2.45. The minimum Gasteiger partial charge on any atom is -0.394 e. The van der Waals surface area contributed by atoms with Gasteiger partial charge >= 0.3 is 0 Å². The van der Waals surface area contributed by atoms with E-state index < -0.39 is 74.6 Å². The van der Waals surface area contributed by atoms with Gasteiger partial charge < -0.3 is 55.1 Å². The van der Waals surface area contributed by atoms with Gasteiger partial charge in [0.05, 0.1) is 13.2 Å². The summed E-state index contributed by atoms with van der Waals surface area (Å²) in [7, 11) is 0. The number of hydrogen-bond acceptors (Lipinski definition) is 11. The second-order valence-corrected chi connectivity index (χ2v) is 5.53. The van der Waals surface area contributed by atoms with Gasteiger partial charge in [0, 0.05) is 0 Å². The van der Waals surface area contributed by atoms with E-state index in [1.807, 2.05) is 0 Å². The summed E-state index contributed by atoms with van der Waals surface area (Å²) in [5, 5.41) is 76.5. The normalized spacial score (nSPS) is 51.7. The highest BCUT2D eigenvalue weighted by Crippen LogP contribution is 2.28. The van der Waals surface area contributed by atoms with E-state index in [4.69, 9.17) is 19.3 Å². The highest BCUT2D eigenvalue weighted by molar-refractivity contribution is 4.93. The molecule has 6 unspecified atom stereocenters. The Bertz CT molecular complexity index is 378. The highest BCUT2D eigenvalue weighted by atomic mass is 16.7. The minimum absolute atomic E-state index is 0.667. The second-order valence-electron chi connectivity index (χ2n) is 5.53. The molecule has 0 aromatic rings. The Hall–Kier alpha value is -0.440. The Balaban J connectivity index is 2.11. The maximum absolute atomic E-state index is 9.94. The van der Waals surface area contributed by atoms with Crippen molar-refractivity contribution in [3.05, 3.63) is 0 Å². The largest absolute Gasteiger partial charge is 0.394 e. The molecule has 2 rings (SSSR count). The number of rotatable bonds is 4. The van der Waals surface area contributed by atoms with Crippen LogP contribution >= 0.6 is 0 Å². The summed E-state index contributed by atoms with van der Waals surface area (Å²) in [6, 6.07) is 0. The summed E-state index contributed by atoms with van der Waals surface area (Å²) in [6.45, 7) is -1.35. The molecule has 2 heterocycles. The average molecular weight is 342 g/mol. The molecule has 0 aromatic heterocycles. The lowest BCUT2D eigenvalue weighted by atomic mass is 9.97. The van der Waals surface area contributed by atoms with Crippen molar-refractivity contribution in [2.45, 2.75) is 61.4 Å². The molecule has 2 fully saturated rings. The molecule has 0 radical (unpaired) electrons. The van der Waals surface area contributed by atoms with E-state index >= 15 is 0 Å². The van der Waals surface area contributed by atoms with Crippen LogP contribution in [0.2, 0.25) is 0 Å². The molecule has 0 saturated carbocycles. The average Bonchev–Trinajstić information content (AvgIpc) is 2.55. The van der Waals surface area contributed by atoms with Crippen LogP contribution < -0.4 is 0 Å². The van der Waals surface area contributed by atoms with Crippen molar-refractivity contribution in [1.29, 1.82) is 0 Å². The predicted molar refractivity (Wildman–Crippen MR) is 68.6 cm³/mol. The minimum atomic E-state index is -1.74. The summed E-state index contributed by atoms with van der Waals surface area (Å²) < 4.78 is 15.3. The molecular weight excluding hydrogens is 320 g/mol. The SMILES string of the molecule is OCC1O[C@@H](O[C@@H]2C(CO)O[C@@H](O)C(O)C2O)C(O)C(O)[C@H]1O. The Kier molecular flexibility index (Phi) is 6.27. The quantitative estimate of drug-likeness (QED) is 0.243. The molecule has 2 aliphatic rings. The fourth-order valence-corrected chi connectivity index (χ4v) is 2.57. The van der Waals surface area contributed by atoms with E-state index in [1.165, 1.54) is 0 Å². The molecule has 0 aromatic carbocycles. The number of hydrogen-bond donors (Lipinski definition) is 8. The maximum atomic E-state index is 9.94.